The Balaban J connectivity index is 1.63. The first kappa shape index (κ1) is 22.7. The van der Waals surface area contributed by atoms with Crippen LogP contribution in [0.3, 0.4) is 0 Å². The second kappa shape index (κ2) is 9.47. The van der Waals surface area contributed by atoms with Crippen LogP contribution in [0.5, 0.6) is 17.2 Å². The number of hydrogen-bond acceptors (Lipinski definition) is 6. The number of anilines is 1. The van der Waals surface area contributed by atoms with E-state index in [1.165, 1.54) is 11.4 Å². The Bertz CT molecular complexity index is 1020. The SMILES string of the molecule is CC[C@@H](Oc1ccc(N(C)S(C)(=O)=O)cc1)C(=O)N[C@H](C)c1ccc2c(c1)OCCO2. The van der Waals surface area contributed by atoms with Crippen molar-refractivity contribution in [3.63, 3.8) is 0 Å². The lowest BCUT2D eigenvalue weighted by molar-refractivity contribution is -0.128. The van der Waals surface area contributed by atoms with Crippen LogP contribution < -0.4 is 23.8 Å². The van der Waals surface area contributed by atoms with Crippen molar-refractivity contribution in [1.82, 2.24) is 5.32 Å². The number of sulfonamides is 1. The maximum Gasteiger partial charge on any atom is 0.261 e. The molecule has 0 bridgehead atoms. The zero-order chi connectivity index (χ0) is 22.6. The standard InChI is InChI=1S/C22H28N2O6S/c1-5-19(30-18-9-7-17(8-10-18)24(3)31(4,26)27)22(25)23-15(2)16-6-11-20-21(14-16)29-13-12-28-20/h6-11,14-15,19H,5,12-13H2,1-4H3,(H,23,25)/t15-,19-/m1/s1. The van der Waals surface area contributed by atoms with Gasteiger partial charge in [0.1, 0.15) is 19.0 Å². The maximum absolute atomic E-state index is 12.8. The van der Waals surface area contributed by atoms with Crippen LogP contribution in [-0.2, 0) is 14.8 Å². The Morgan fingerprint density at radius 3 is 2.39 bits per heavy atom. The number of hydrogen-bond donors (Lipinski definition) is 1. The molecular weight excluding hydrogens is 420 g/mol. The molecule has 0 saturated carbocycles. The second-order valence-electron chi connectivity index (χ2n) is 7.37. The topological polar surface area (TPSA) is 94.2 Å². The van der Waals surface area contributed by atoms with Crippen molar-refractivity contribution in [3.05, 3.63) is 48.0 Å². The van der Waals surface area contributed by atoms with Gasteiger partial charge in [-0.25, -0.2) is 8.42 Å². The molecule has 1 aliphatic heterocycles. The molecule has 1 heterocycles. The minimum atomic E-state index is -3.34. The molecule has 9 heteroatoms. The van der Waals surface area contributed by atoms with Crippen molar-refractivity contribution in [2.24, 2.45) is 0 Å². The minimum Gasteiger partial charge on any atom is -0.486 e. The average molecular weight is 449 g/mol. The lowest BCUT2D eigenvalue weighted by Gasteiger charge is -2.23. The van der Waals surface area contributed by atoms with Gasteiger partial charge in [0.05, 0.1) is 18.0 Å². The largest absolute Gasteiger partial charge is 0.486 e. The number of carbonyl (C=O) groups excluding carboxylic acids is 1. The third-order valence-corrected chi connectivity index (χ3v) is 6.27. The fraction of sp³-hybridized carbons (Fsp3) is 0.409. The summed E-state index contributed by atoms with van der Waals surface area (Å²) in [5.74, 6) is 1.63. The fourth-order valence-corrected chi connectivity index (χ4v) is 3.64. The number of benzene rings is 2. The van der Waals surface area contributed by atoms with E-state index in [0.717, 1.165) is 11.8 Å². The summed E-state index contributed by atoms with van der Waals surface area (Å²) in [6.07, 6.45) is 0.931. The summed E-state index contributed by atoms with van der Waals surface area (Å²) in [5.41, 5.74) is 1.42. The van der Waals surface area contributed by atoms with E-state index in [1.807, 2.05) is 32.0 Å². The first-order valence-electron chi connectivity index (χ1n) is 10.1. The van der Waals surface area contributed by atoms with Gasteiger partial charge in [-0.1, -0.05) is 13.0 Å². The smallest absolute Gasteiger partial charge is 0.261 e. The summed E-state index contributed by atoms with van der Waals surface area (Å²) in [6.45, 7) is 4.79. The zero-order valence-corrected chi connectivity index (χ0v) is 18.9. The van der Waals surface area contributed by atoms with Crippen LogP contribution in [0.25, 0.3) is 0 Å². The number of rotatable bonds is 8. The molecule has 0 unspecified atom stereocenters. The van der Waals surface area contributed by atoms with E-state index >= 15 is 0 Å². The Hall–Kier alpha value is -2.94. The van der Waals surface area contributed by atoms with Crippen molar-refractivity contribution >= 4 is 21.6 Å². The van der Waals surface area contributed by atoms with Crippen LogP contribution in [-0.4, -0.2) is 46.9 Å². The Morgan fingerprint density at radius 2 is 1.77 bits per heavy atom. The highest BCUT2D eigenvalue weighted by atomic mass is 32.2. The molecule has 8 nitrogen and oxygen atoms in total. The molecule has 0 radical (unpaired) electrons. The summed E-state index contributed by atoms with van der Waals surface area (Å²) in [7, 11) is -1.87. The summed E-state index contributed by atoms with van der Waals surface area (Å²) >= 11 is 0. The van der Waals surface area contributed by atoms with Crippen LogP contribution in [0.1, 0.15) is 31.9 Å². The molecule has 0 fully saturated rings. The van der Waals surface area contributed by atoms with Crippen LogP contribution in [0, 0.1) is 0 Å². The monoisotopic (exact) mass is 448 g/mol. The predicted octanol–water partition coefficient (Wildman–Crippen LogP) is 2.89. The minimum absolute atomic E-state index is 0.234. The molecule has 2 aromatic rings. The third kappa shape index (κ3) is 5.61. The van der Waals surface area contributed by atoms with Crippen molar-refractivity contribution < 1.29 is 27.4 Å². The maximum atomic E-state index is 12.8. The van der Waals surface area contributed by atoms with Gasteiger partial charge in [0.15, 0.2) is 17.6 Å². The van der Waals surface area contributed by atoms with E-state index in [4.69, 9.17) is 14.2 Å². The van der Waals surface area contributed by atoms with Gasteiger partial charge in [-0.3, -0.25) is 9.10 Å². The number of nitrogens with zero attached hydrogens (tertiary/aromatic N) is 1. The van der Waals surface area contributed by atoms with E-state index in [1.54, 1.807) is 24.3 Å². The highest BCUT2D eigenvalue weighted by molar-refractivity contribution is 7.92. The number of nitrogens with one attached hydrogen (secondary N) is 1. The van der Waals surface area contributed by atoms with Crippen molar-refractivity contribution in [1.29, 1.82) is 0 Å². The van der Waals surface area contributed by atoms with Crippen molar-refractivity contribution in [3.8, 4) is 17.2 Å². The zero-order valence-electron chi connectivity index (χ0n) is 18.1. The van der Waals surface area contributed by atoms with Crippen molar-refractivity contribution in [2.75, 3.05) is 30.8 Å². The van der Waals surface area contributed by atoms with Crippen LogP contribution in [0.4, 0.5) is 5.69 Å². The average Bonchev–Trinajstić information content (AvgIpc) is 2.76. The first-order chi connectivity index (χ1) is 14.7. The second-order valence-corrected chi connectivity index (χ2v) is 9.39. The Morgan fingerprint density at radius 1 is 1.13 bits per heavy atom. The fourth-order valence-electron chi connectivity index (χ4n) is 3.13. The molecule has 2 atom stereocenters. The lowest BCUT2D eigenvalue weighted by atomic mass is 10.1. The molecule has 0 spiro atoms. The molecule has 1 amide bonds. The van der Waals surface area contributed by atoms with E-state index < -0.39 is 16.1 Å². The molecule has 1 N–H and O–H groups in total. The molecule has 1 aliphatic rings. The highest BCUT2D eigenvalue weighted by Gasteiger charge is 2.22. The Kier molecular flexibility index (Phi) is 6.94. The number of amides is 1. The molecule has 0 aliphatic carbocycles. The summed E-state index contributed by atoms with van der Waals surface area (Å²) in [5, 5.41) is 2.98. The summed E-state index contributed by atoms with van der Waals surface area (Å²) < 4.78 is 41.5. The first-order valence-corrected chi connectivity index (χ1v) is 11.9. The molecule has 2 aromatic carbocycles. The molecule has 31 heavy (non-hydrogen) atoms. The molecule has 0 saturated heterocycles. The van der Waals surface area contributed by atoms with E-state index in [0.29, 0.717) is 42.6 Å². The lowest BCUT2D eigenvalue weighted by Crippen LogP contribution is -2.39. The van der Waals surface area contributed by atoms with Crippen molar-refractivity contribution in [2.45, 2.75) is 32.4 Å². The summed E-state index contributed by atoms with van der Waals surface area (Å²) in [4.78, 5) is 12.8. The quantitative estimate of drug-likeness (QED) is 0.667. The van der Waals surface area contributed by atoms with E-state index in [-0.39, 0.29) is 11.9 Å². The predicted molar refractivity (Wildman–Crippen MR) is 118 cm³/mol. The Labute approximate surface area is 183 Å². The molecular formula is C22H28N2O6S. The van der Waals surface area contributed by atoms with Gasteiger partial charge >= 0.3 is 0 Å². The van der Waals surface area contributed by atoms with Gasteiger partial charge in [-0.2, -0.15) is 0 Å². The van der Waals surface area contributed by atoms with Gasteiger partial charge in [0, 0.05) is 7.05 Å². The summed E-state index contributed by atoms with van der Waals surface area (Å²) in [6, 6.07) is 11.9. The van der Waals surface area contributed by atoms with Gasteiger partial charge in [0.25, 0.3) is 5.91 Å². The van der Waals surface area contributed by atoms with Crippen LogP contribution in [0.15, 0.2) is 42.5 Å². The highest BCUT2D eigenvalue weighted by Crippen LogP contribution is 2.32. The van der Waals surface area contributed by atoms with Crippen LogP contribution >= 0.6 is 0 Å². The third-order valence-electron chi connectivity index (χ3n) is 5.06. The normalized spacial score (nSPS) is 15.0. The van der Waals surface area contributed by atoms with E-state index in [9.17, 15) is 13.2 Å². The van der Waals surface area contributed by atoms with Gasteiger partial charge in [0.2, 0.25) is 10.0 Å². The van der Waals surface area contributed by atoms with Gasteiger partial charge in [-0.15, -0.1) is 0 Å². The van der Waals surface area contributed by atoms with E-state index in [2.05, 4.69) is 5.32 Å². The van der Waals surface area contributed by atoms with Gasteiger partial charge < -0.3 is 19.5 Å². The van der Waals surface area contributed by atoms with Crippen LogP contribution in [0.2, 0.25) is 0 Å². The molecule has 0 aromatic heterocycles. The number of ether oxygens (including phenoxy) is 3. The molecule has 3 rings (SSSR count). The number of carbonyl (C=O) groups is 1. The number of fused-ring (bicyclic) bond motifs is 1. The van der Waals surface area contributed by atoms with Gasteiger partial charge in [-0.05, 0) is 55.3 Å². The molecule has 168 valence electrons.